The first-order chi connectivity index (χ1) is 11.6. The number of hydrogen-bond donors (Lipinski definition) is 2. The number of hydrogen-bond acceptors (Lipinski definition) is 3. The van der Waals surface area contributed by atoms with Crippen LogP contribution in [0.3, 0.4) is 0 Å². The molecular weight excluding hydrogens is 372 g/mol. The molecule has 0 saturated carbocycles. The van der Waals surface area contributed by atoms with Gasteiger partial charge in [-0.2, -0.15) is 0 Å². The molecule has 2 aromatic carbocycles. The number of carbonyl (C=O) groups excluding carboxylic acids is 2. The van der Waals surface area contributed by atoms with E-state index in [1.54, 1.807) is 24.3 Å². The number of rotatable bonds is 4. The number of halogens is 1. The molecule has 6 heteroatoms. The van der Waals surface area contributed by atoms with Gasteiger partial charge in [0.2, 0.25) is 0 Å². The van der Waals surface area contributed by atoms with E-state index in [2.05, 4.69) is 26.6 Å². The van der Waals surface area contributed by atoms with Crippen LogP contribution in [0, 0.1) is 0 Å². The molecule has 0 spiro atoms. The molecule has 2 amide bonds. The van der Waals surface area contributed by atoms with Crippen molar-refractivity contribution in [2.24, 2.45) is 0 Å². The molecule has 124 valence electrons. The Kier molecular flexibility index (Phi) is 5.27. The Hall–Kier alpha value is -2.18. The van der Waals surface area contributed by atoms with Crippen LogP contribution in [0.15, 0.2) is 53.0 Å². The largest absolute Gasteiger partial charge is 0.368 e. The van der Waals surface area contributed by atoms with Crippen molar-refractivity contribution in [1.82, 2.24) is 0 Å². The minimum absolute atomic E-state index is 0.169. The average Bonchev–Trinajstić information content (AvgIpc) is 3.12. The van der Waals surface area contributed by atoms with Crippen LogP contribution in [-0.4, -0.2) is 24.5 Å². The lowest BCUT2D eigenvalue weighted by atomic mass is 10.1. The number of anilines is 2. The lowest BCUT2D eigenvalue weighted by molar-refractivity contribution is -0.124. The summed E-state index contributed by atoms with van der Waals surface area (Å²) in [7, 11) is 0. The van der Waals surface area contributed by atoms with E-state index in [1.165, 1.54) is 0 Å². The molecule has 1 atom stereocenters. The molecule has 1 aliphatic rings. The lowest BCUT2D eigenvalue weighted by Gasteiger charge is -2.11. The van der Waals surface area contributed by atoms with Crippen LogP contribution < -0.4 is 10.6 Å². The van der Waals surface area contributed by atoms with Gasteiger partial charge in [-0.15, -0.1) is 0 Å². The van der Waals surface area contributed by atoms with Crippen molar-refractivity contribution in [2.75, 3.05) is 17.2 Å². The van der Waals surface area contributed by atoms with E-state index in [4.69, 9.17) is 4.74 Å². The van der Waals surface area contributed by atoms with E-state index >= 15 is 0 Å². The molecule has 0 radical (unpaired) electrons. The van der Waals surface area contributed by atoms with Crippen molar-refractivity contribution in [1.29, 1.82) is 0 Å². The van der Waals surface area contributed by atoms with Gasteiger partial charge in [0, 0.05) is 28.0 Å². The number of carbonyl (C=O) groups is 2. The second-order valence-electron chi connectivity index (χ2n) is 5.53. The summed E-state index contributed by atoms with van der Waals surface area (Å²) in [4.78, 5) is 24.4. The van der Waals surface area contributed by atoms with E-state index in [0.29, 0.717) is 23.5 Å². The molecule has 2 aromatic rings. The SMILES string of the molecule is O=C(Nc1ccc(Br)cc1)c1cccc(NC(=O)[C@H]2CCCO2)c1. The summed E-state index contributed by atoms with van der Waals surface area (Å²) in [6, 6.07) is 14.2. The molecule has 0 bridgehead atoms. The third-order valence-electron chi connectivity index (χ3n) is 3.72. The van der Waals surface area contributed by atoms with E-state index in [9.17, 15) is 9.59 Å². The second-order valence-corrected chi connectivity index (χ2v) is 6.45. The van der Waals surface area contributed by atoms with E-state index < -0.39 is 6.10 Å². The summed E-state index contributed by atoms with van der Waals surface area (Å²) in [5, 5.41) is 5.62. The first kappa shape index (κ1) is 16.7. The highest BCUT2D eigenvalue weighted by atomic mass is 79.9. The number of benzene rings is 2. The Morgan fingerprint density at radius 2 is 1.83 bits per heavy atom. The summed E-state index contributed by atoms with van der Waals surface area (Å²) in [6.07, 6.45) is 1.23. The van der Waals surface area contributed by atoms with Gasteiger partial charge in [0.15, 0.2) is 0 Å². The highest BCUT2D eigenvalue weighted by molar-refractivity contribution is 9.10. The fourth-order valence-electron chi connectivity index (χ4n) is 2.48. The second kappa shape index (κ2) is 7.59. The summed E-state index contributed by atoms with van der Waals surface area (Å²) in [5.74, 6) is -0.400. The van der Waals surface area contributed by atoms with Gasteiger partial charge in [-0.1, -0.05) is 22.0 Å². The number of nitrogens with one attached hydrogen (secondary N) is 2. The smallest absolute Gasteiger partial charge is 0.255 e. The predicted molar refractivity (Wildman–Crippen MR) is 96.1 cm³/mol. The van der Waals surface area contributed by atoms with Crippen LogP contribution in [0.4, 0.5) is 11.4 Å². The zero-order valence-electron chi connectivity index (χ0n) is 12.9. The van der Waals surface area contributed by atoms with Gasteiger partial charge < -0.3 is 15.4 Å². The zero-order chi connectivity index (χ0) is 16.9. The van der Waals surface area contributed by atoms with E-state index in [1.807, 2.05) is 24.3 Å². The van der Waals surface area contributed by atoms with Crippen molar-refractivity contribution < 1.29 is 14.3 Å². The maximum absolute atomic E-state index is 12.3. The molecule has 3 rings (SSSR count). The predicted octanol–water partition coefficient (Wildman–Crippen LogP) is 3.82. The Balaban J connectivity index is 1.66. The van der Waals surface area contributed by atoms with Gasteiger partial charge in [0.25, 0.3) is 11.8 Å². The van der Waals surface area contributed by atoms with E-state index in [-0.39, 0.29) is 11.8 Å². The van der Waals surface area contributed by atoms with Gasteiger partial charge in [-0.05, 0) is 55.3 Å². The van der Waals surface area contributed by atoms with Crippen molar-refractivity contribution in [3.05, 3.63) is 58.6 Å². The highest BCUT2D eigenvalue weighted by Gasteiger charge is 2.23. The van der Waals surface area contributed by atoms with Crippen molar-refractivity contribution in [3.8, 4) is 0 Å². The normalized spacial score (nSPS) is 16.6. The maximum atomic E-state index is 12.3. The molecule has 1 fully saturated rings. The molecule has 24 heavy (non-hydrogen) atoms. The van der Waals surface area contributed by atoms with Gasteiger partial charge in [-0.3, -0.25) is 9.59 Å². The molecule has 2 N–H and O–H groups in total. The first-order valence-corrected chi connectivity index (χ1v) is 8.50. The summed E-state index contributed by atoms with van der Waals surface area (Å²) in [5.41, 5.74) is 1.76. The Morgan fingerprint density at radius 1 is 1.04 bits per heavy atom. The molecule has 5 nitrogen and oxygen atoms in total. The molecule has 1 heterocycles. The van der Waals surface area contributed by atoms with Crippen LogP contribution in [-0.2, 0) is 9.53 Å². The Bertz CT molecular complexity index is 740. The van der Waals surface area contributed by atoms with E-state index in [0.717, 1.165) is 17.3 Å². The number of ether oxygens (including phenoxy) is 1. The third-order valence-corrected chi connectivity index (χ3v) is 4.25. The highest BCUT2D eigenvalue weighted by Crippen LogP contribution is 2.18. The lowest BCUT2D eigenvalue weighted by Crippen LogP contribution is -2.27. The number of amides is 2. The molecule has 1 aliphatic heterocycles. The minimum Gasteiger partial charge on any atom is -0.368 e. The van der Waals surface area contributed by atoms with Crippen molar-refractivity contribution in [3.63, 3.8) is 0 Å². The molecule has 0 unspecified atom stereocenters. The molecule has 1 saturated heterocycles. The zero-order valence-corrected chi connectivity index (χ0v) is 14.5. The monoisotopic (exact) mass is 388 g/mol. The van der Waals surface area contributed by atoms with Crippen molar-refractivity contribution in [2.45, 2.75) is 18.9 Å². The molecular formula is C18H17BrN2O3. The third kappa shape index (κ3) is 4.21. The quantitative estimate of drug-likeness (QED) is 0.836. The fourth-order valence-corrected chi connectivity index (χ4v) is 2.75. The standard InChI is InChI=1S/C18H17BrN2O3/c19-13-6-8-14(9-7-13)20-17(22)12-3-1-4-15(11-12)21-18(23)16-5-2-10-24-16/h1,3-4,6-9,11,16H,2,5,10H2,(H,20,22)(H,21,23)/t16-/m1/s1. The van der Waals surface area contributed by atoms with Crippen LogP contribution in [0.2, 0.25) is 0 Å². The first-order valence-electron chi connectivity index (χ1n) is 7.71. The minimum atomic E-state index is -0.398. The molecule has 0 aliphatic carbocycles. The average molecular weight is 389 g/mol. The van der Waals surface area contributed by atoms with Crippen molar-refractivity contribution >= 4 is 39.1 Å². The Morgan fingerprint density at radius 3 is 2.54 bits per heavy atom. The van der Waals surface area contributed by atoms with Gasteiger partial charge >= 0.3 is 0 Å². The summed E-state index contributed by atoms with van der Waals surface area (Å²) < 4.78 is 6.30. The van der Waals surface area contributed by atoms with Gasteiger partial charge in [-0.25, -0.2) is 0 Å². The van der Waals surface area contributed by atoms with Gasteiger partial charge in [0.05, 0.1) is 0 Å². The van der Waals surface area contributed by atoms with Gasteiger partial charge in [0.1, 0.15) is 6.10 Å². The fraction of sp³-hybridized carbons (Fsp3) is 0.222. The van der Waals surface area contributed by atoms with Crippen LogP contribution >= 0.6 is 15.9 Å². The van der Waals surface area contributed by atoms with Crippen LogP contribution in [0.5, 0.6) is 0 Å². The summed E-state index contributed by atoms with van der Waals surface area (Å²) >= 11 is 3.35. The van der Waals surface area contributed by atoms with Crippen LogP contribution in [0.25, 0.3) is 0 Å². The Labute approximate surface area is 148 Å². The van der Waals surface area contributed by atoms with Crippen LogP contribution in [0.1, 0.15) is 23.2 Å². The molecule has 0 aromatic heterocycles. The topological polar surface area (TPSA) is 67.4 Å². The maximum Gasteiger partial charge on any atom is 0.255 e. The summed E-state index contributed by atoms with van der Waals surface area (Å²) in [6.45, 7) is 0.619.